The fourth-order valence-corrected chi connectivity index (χ4v) is 4.50. The van der Waals surface area contributed by atoms with E-state index < -0.39 is 5.91 Å². The lowest BCUT2D eigenvalue weighted by Crippen LogP contribution is -2.28. The summed E-state index contributed by atoms with van der Waals surface area (Å²) in [5.41, 5.74) is 1.54. The minimum atomic E-state index is -0.470. The van der Waals surface area contributed by atoms with Crippen molar-refractivity contribution in [3.8, 4) is 0 Å². The van der Waals surface area contributed by atoms with Gasteiger partial charge in [-0.15, -0.1) is 0 Å². The normalized spacial score (nSPS) is 14.8. The number of carbonyl (C=O) groups is 3. The Balaban J connectivity index is 1.66. The molecule has 0 saturated carbocycles. The highest BCUT2D eigenvalue weighted by Crippen LogP contribution is 2.23. The van der Waals surface area contributed by atoms with Gasteiger partial charge in [0.1, 0.15) is 5.82 Å². The summed E-state index contributed by atoms with van der Waals surface area (Å²) in [5, 5.41) is 0. The summed E-state index contributed by atoms with van der Waals surface area (Å²) >= 11 is 1.23. The number of benzene rings is 2. The Labute approximate surface area is 181 Å². The highest BCUT2D eigenvalue weighted by atomic mass is 32.1. The molecular weight excluding hydrogens is 421 g/mol. The molecule has 160 valence electrons. The molecule has 7 nitrogen and oxygen atoms in total. The van der Waals surface area contributed by atoms with Gasteiger partial charge < -0.3 is 9.30 Å². The van der Waals surface area contributed by atoms with E-state index in [4.69, 9.17) is 4.74 Å². The lowest BCUT2D eigenvalue weighted by Gasteiger charge is -2.13. The second-order valence-electron chi connectivity index (χ2n) is 6.93. The standard InChI is InChI=1S/C22H20FN3O4S/c1-2-30-12-11-25-17-8-5-15(23)13-18(17)31-22(25)24-21(29)14-3-6-16(7-4-14)26-19(27)9-10-20(26)28/h3-8,13H,2,9-12H2,1H3. The van der Waals surface area contributed by atoms with Crippen LogP contribution in [0.1, 0.15) is 30.1 Å². The summed E-state index contributed by atoms with van der Waals surface area (Å²) in [5.74, 6) is -1.32. The van der Waals surface area contributed by atoms with Gasteiger partial charge in [0.2, 0.25) is 11.8 Å². The summed E-state index contributed by atoms with van der Waals surface area (Å²) in [6, 6.07) is 10.7. The Bertz CT molecular complexity index is 1210. The minimum absolute atomic E-state index is 0.198. The Morgan fingerprint density at radius 1 is 1.13 bits per heavy atom. The number of hydrogen-bond acceptors (Lipinski definition) is 5. The maximum absolute atomic E-state index is 13.7. The molecule has 0 N–H and O–H groups in total. The topological polar surface area (TPSA) is 81.0 Å². The first-order chi connectivity index (χ1) is 15.0. The molecule has 9 heteroatoms. The summed E-state index contributed by atoms with van der Waals surface area (Å²) in [6.07, 6.45) is 0.395. The molecule has 0 spiro atoms. The molecule has 31 heavy (non-hydrogen) atoms. The Kier molecular flexibility index (Phi) is 6.06. The third-order valence-electron chi connectivity index (χ3n) is 4.93. The van der Waals surface area contributed by atoms with E-state index in [0.29, 0.717) is 40.5 Å². The smallest absolute Gasteiger partial charge is 0.279 e. The number of anilines is 1. The molecule has 1 aliphatic heterocycles. The number of carbonyl (C=O) groups excluding carboxylic acids is 3. The molecule has 0 bridgehead atoms. The molecule has 2 aromatic carbocycles. The van der Waals surface area contributed by atoms with Gasteiger partial charge in [-0.2, -0.15) is 4.99 Å². The molecule has 1 saturated heterocycles. The Morgan fingerprint density at radius 2 is 1.84 bits per heavy atom. The molecule has 1 fully saturated rings. The van der Waals surface area contributed by atoms with Gasteiger partial charge in [-0.1, -0.05) is 11.3 Å². The van der Waals surface area contributed by atoms with E-state index in [1.54, 1.807) is 18.2 Å². The SMILES string of the molecule is CCOCCn1c(=NC(=O)c2ccc(N3C(=O)CCC3=O)cc2)sc2cc(F)ccc21. The summed E-state index contributed by atoms with van der Waals surface area (Å²) in [7, 11) is 0. The van der Waals surface area contributed by atoms with Crippen molar-refractivity contribution in [1.82, 2.24) is 4.57 Å². The number of rotatable bonds is 6. The first-order valence-electron chi connectivity index (χ1n) is 9.89. The van der Waals surface area contributed by atoms with Gasteiger partial charge in [-0.05, 0) is 49.4 Å². The van der Waals surface area contributed by atoms with Crippen LogP contribution < -0.4 is 9.70 Å². The van der Waals surface area contributed by atoms with Crippen molar-refractivity contribution in [3.05, 3.63) is 58.6 Å². The minimum Gasteiger partial charge on any atom is -0.380 e. The third-order valence-corrected chi connectivity index (χ3v) is 5.97. The van der Waals surface area contributed by atoms with E-state index >= 15 is 0 Å². The van der Waals surface area contributed by atoms with Gasteiger partial charge in [0, 0.05) is 31.6 Å². The molecule has 0 radical (unpaired) electrons. The second-order valence-corrected chi connectivity index (χ2v) is 7.94. The highest BCUT2D eigenvalue weighted by Gasteiger charge is 2.30. The van der Waals surface area contributed by atoms with E-state index in [9.17, 15) is 18.8 Å². The van der Waals surface area contributed by atoms with E-state index in [1.807, 2.05) is 11.5 Å². The average molecular weight is 441 g/mol. The number of thiazole rings is 1. The molecule has 4 rings (SSSR count). The van der Waals surface area contributed by atoms with Gasteiger partial charge in [-0.3, -0.25) is 19.3 Å². The second kappa shape index (κ2) is 8.91. The van der Waals surface area contributed by atoms with Crippen molar-refractivity contribution < 1.29 is 23.5 Å². The Hall–Kier alpha value is -3.17. The molecule has 0 unspecified atom stereocenters. The fraction of sp³-hybridized carbons (Fsp3) is 0.273. The van der Waals surface area contributed by atoms with Gasteiger partial charge >= 0.3 is 0 Å². The van der Waals surface area contributed by atoms with Crippen LogP contribution in [0.3, 0.4) is 0 Å². The van der Waals surface area contributed by atoms with E-state index in [2.05, 4.69) is 4.99 Å². The van der Waals surface area contributed by atoms with Crippen LogP contribution in [0.5, 0.6) is 0 Å². The zero-order valence-corrected chi connectivity index (χ0v) is 17.7. The van der Waals surface area contributed by atoms with Gasteiger partial charge in [0.15, 0.2) is 4.80 Å². The lowest BCUT2D eigenvalue weighted by molar-refractivity contribution is -0.121. The zero-order chi connectivity index (χ0) is 22.0. The molecule has 1 aromatic heterocycles. The maximum Gasteiger partial charge on any atom is 0.279 e. The van der Waals surface area contributed by atoms with E-state index in [-0.39, 0.29) is 30.5 Å². The highest BCUT2D eigenvalue weighted by molar-refractivity contribution is 7.16. The molecule has 1 aliphatic rings. The van der Waals surface area contributed by atoms with Crippen LogP contribution in [0.25, 0.3) is 10.2 Å². The fourth-order valence-electron chi connectivity index (χ4n) is 3.42. The third kappa shape index (κ3) is 4.33. The van der Waals surface area contributed by atoms with E-state index in [1.165, 1.54) is 35.6 Å². The predicted molar refractivity (Wildman–Crippen MR) is 114 cm³/mol. The van der Waals surface area contributed by atoms with Crippen molar-refractivity contribution in [2.24, 2.45) is 4.99 Å². The van der Waals surface area contributed by atoms with Crippen molar-refractivity contribution in [2.75, 3.05) is 18.1 Å². The van der Waals surface area contributed by atoms with Crippen molar-refractivity contribution >= 4 is 45.0 Å². The van der Waals surface area contributed by atoms with E-state index in [0.717, 1.165) is 10.4 Å². The summed E-state index contributed by atoms with van der Waals surface area (Å²) < 4.78 is 21.6. The van der Waals surface area contributed by atoms with Crippen LogP contribution in [0.15, 0.2) is 47.5 Å². The first-order valence-corrected chi connectivity index (χ1v) is 10.7. The summed E-state index contributed by atoms with van der Waals surface area (Å²) in [4.78, 5) is 42.4. The molecule has 2 heterocycles. The number of fused-ring (bicyclic) bond motifs is 1. The molecule has 3 amide bonds. The van der Waals surface area contributed by atoms with Crippen LogP contribution in [-0.4, -0.2) is 35.5 Å². The average Bonchev–Trinajstić information content (AvgIpc) is 3.26. The van der Waals surface area contributed by atoms with Crippen molar-refractivity contribution in [3.63, 3.8) is 0 Å². The maximum atomic E-state index is 13.7. The largest absolute Gasteiger partial charge is 0.380 e. The number of halogens is 1. The first kappa shape index (κ1) is 21.1. The molecular formula is C22H20FN3O4S. The van der Waals surface area contributed by atoms with Gasteiger partial charge in [-0.25, -0.2) is 4.39 Å². The molecule has 0 aliphatic carbocycles. The summed E-state index contributed by atoms with van der Waals surface area (Å²) in [6.45, 7) is 3.38. The van der Waals surface area contributed by atoms with Crippen LogP contribution >= 0.6 is 11.3 Å². The number of nitrogens with zero attached hydrogens (tertiary/aromatic N) is 3. The van der Waals surface area contributed by atoms with Crippen LogP contribution in [0.2, 0.25) is 0 Å². The zero-order valence-electron chi connectivity index (χ0n) is 16.8. The van der Waals surface area contributed by atoms with Crippen LogP contribution in [-0.2, 0) is 20.9 Å². The molecule has 0 atom stereocenters. The molecule has 3 aromatic rings. The number of imide groups is 1. The predicted octanol–water partition coefficient (Wildman–Crippen LogP) is 3.27. The van der Waals surface area contributed by atoms with Crippen molar-refractivity contribution in [1.29, 1.82) is 0 Å². The number of ether oxygens (including phenoxy) is 1. The number of hydrogen-bond donors (Lipinski definition) is 0. The van der Waals surface area contributed by atoms with Crippen molar-refractivity contribution in [2.45, 2.75) is 26.3 Å². The monoisotopic (exact) mass is 441 g/mol. The lowest BCUT2D eigenvalue weighted by atomic mass is 10.2. The van der Waals surface area contributed by atoms with Gasteiger partial charge in [0.25, 0.3) is 5.91 Å². The Morgan fingerprint density at radius 3 is 2.52 bits per heavy atom. The number of aromatic nitrogens is 1. The quantitative estimate of drug-likeness (QED) is 0.434. The van der Waals surface area contributed by atoms with Crippen LogP contribution in [0.4, 0.5) is 10.1 Å². The van der Waals surface area contributed by atoms with Crippen LogP contribution in [0, 0.1) is 5.82 Å². The van der Waals surface area contributed by atoms with Gasteiger partial charge in [0.05, 0.1) is 22.5 Å². The number of amides is 3.